The van der Waals surface area contributed by atoms with E-state index in [1.807, 2.05) is 6.07 Å². The largest absolute Gasteiger partial charge is 0.378 e. The predicted octanol–water partition coefficient (Wildman–Crippen LogP) is 2.11. The Labute approximate surface area is 157 Å². The number of morpholine rings is 1. The van der Waals surface area contributed by atoms with E-state index in [2.05, 4.69) is 53.1 Å². The van der Waals surface area contributed by atoms with Gasteiger partial charge in [0.1, 0.15) is 6.33 Å². The number of benzene rings is 1. The fourth-order valence-corrected chi connectivity index (χ4v) is 3.50. The van der Waals surface area contributed by atoms with E-state index in [9.17, 15) is 4.79 Å². The second-order valence-electron chi connectivity index (χ2n) is 7.48. The predicted molar refractivity (Wildman–Crippen MR) is 102 cm³/mol. The monoisotopic (exact) mass is 365 g/mol. The summed E-state index contributed by atoms with van der Waals surface area (Å²) >= 11 is 0. The van der Waals surface area contributed by atoms with Crippen LogP contribution in [-0.4, -0.2) is 50.7 Å². The number of hydrogen-bond acceptors (Lipinski definition) is 5. The van der Waals surface area contributed by atoms with Crippen LogP contribution in [0.3, 0.4) is 0 Å². The zero-order chi connectivity index (χ0) is 19.0. The maximum Gasteiger partial charge on any atom is 0.252 e. The molecule has 140 valence electrons. The SMILES string of the molecule is CC1(C)COCCN1Cc1ccc(-c2ccc(C(N)=O)c3ncnn23)cc1. The molecule has 3 heterocycles. The van der Waals surface area contributed by atoms with Gasteiger partial charge in [-0.1, -0.05) is 24.3 Å². The summed E-state index contributed by atoms with van der Waals surface area (Å²) in [7, 11) is 0. The third-order valence-corrected chi connectivity index (χ3v) is 5.13. The van der Waals surface area contributed by atoms with Crippen molar-refractivity contribution in [3.05, 3.63) is 53.9 Å². The number of aromatic nitrogens is 3. The van der Waals surface area contributed by atoms with Crippen molar-refractivity contribution < 1.29 is 9.53 Å². The third kappa shape index (κ3) is 3.31. The van der Waals surface area contributed by atoms with Gasteiger partial charge in [-0.2, -0.15) is 5.10 Å². The van der Waals surface area contributed by atoms with Crippen LogP contribution >= 0.6 is 0 Å². The number of primary amides is 1. The Bertz CT molecular complexity index is 978. The lowest BCUT2D eigenvalue weighted by Crippen LogP contribution is -2.52. The topological polar surface area (TPSA) is 85.8 Å². The van der Waals surface area contributed by atoms with E-state index in [1.54, 1.807) is 10.6 Å². The molecule has 1 amide bonds. The Morgan fingerprint density at radius 1 is 1.22 bits per heavy atom. The molecule has 0 bridgehead atoms. The summed E-state index contributed by atoms with van der Waals surface area (Å²) in [6.07, 6.45) is 1.43. The first-order chi connectivity index (χ1) is 13.0. The number of pyridine rings is 1. The first-order valence-electron chi connectivity index (χ1n) is 9.00. The number of ether oxygens (including phenoxy) is 1. The smallest absolute Gasteiger partial charge is 0.252 e. The van der Waals surface area contributed by atoms with Crippen LogP contribution in [0.2, 0.25) is 0 Å². The summed E-state index contributed by atoms with van der Waals surface area (Å²) in [5, 5.41) is 4.25. The van der Waals surface area contributed by atoms with Crippen molar-refractivity contribution in [1.29, 1.82) is 0 Å². The standard InChI is InChI=1S/C20H23N5O2/c1-20(2)12-27-10-9-24(20)11-14-3-5-15(6-4-14)17-8-7-16(18(21)26)19-22-13-23-25(17)19/h3-8,13H,9-12H2,1-2H3,(H2,21,26). The van der Waals surface area contributed by atoms with E-state index < -0.39 is 5.91 Å². The highest BCUT2D eigenvalue weighted by Gasteiger charge is 2.30. The van der Waals surface area contributed by atoms with Gasteiger partial charge in [0, 0.05) is 24.2 Å². The molecule has 7 nitrogen and oxygen atoms in total. The summed E-state index contributed by atoms with van der Waals surface area (Å²) in [5.41, 5.74) is 9.42. The molecule has 0 spiro atoms. The van der Waals surface area contributed by atoms with Crippen LogP contribution in [0.4, 0.5) is 0 Å². The number of fused-ring (bicyclic) bond motifs is 1. The number of carbonyl (C=O) groups excluding carboxylic acids is 1. The Kier molecular flexibility index (Phi) is 4.41. The van der Waals surface area contributed by atoms with Crippen LogP contribution < -0.4 is 5.73 Å². The number of nitrogens with two attached hydrogens (primary N) is 1. The number of rotatable bonds is 4. The van der Waals surface area contributed by atoms with E-state index in [-0.39, 0.29) is 5.54 Å². The normalized spacial score (nSPS) is 17.3. The Balaban J connectivity index is 1.61. The van der Waals surface area contributed by atoms with E-state index in [1.165, 1.54) is 11.9 Å². The van der Waals surface area contributed by atoms with Gasteiger partial charge in [-0.15, -0.1) is 0 Å². The summed E-state index contributed by atoms with van der Waals surface area (Å²) < 4.78 is 7.25. The van der Waals surface area contributed by atoms with Crippen LogP contribution in [0.1, 0.15) is 29.8 Å². The van der Waals surface area contributed by atoms with Crippen molar-refractivity contribution >= 4 is 11.6 Å². The molecule has 7 heteroatoms. The molecule has 0 saturated carbocycles. The molecular formula is C20H23N5O2. The quantitative estimate of drug-likeness (QED) is 0.765. The highest BCUT2D eigenvalue weighted by Crippen LogP contribution is 2.25. The van der Waals surface area contributed by atoms with E-state index in [0.717, 1.165) is 37.6 Å². The van der Waals surface area contributed by atoms with Gasteiger partial charge >= 0.3 is 0 Å². The molecule has 0 unspecified atom stereocenters. The molecule has 1 saturated heterocycles. The van der Waals surface area contributed by atoms with Crippen molar-refractivity contribution in [3.8, 4) is 11.3 Å². The van der Waals surface area contributed by atoms with Crippen LogP contribution in [-0.2, 0) is 11.3 Å². The average molecular weight is 365 g/mol. The first-order valence-corrected chi connectivity index (χ1v) is 9.00. The minimum Gasteiger partial charge on any atom is -0.378 e. The van der Waals surface area contributed by atoms with Crippen molar-refractivity contribution in [2.24, 2.45) is 5.73 Å². The molecule has 4 rings (SSSR count). The molecule has 1 fully saturated rings. The lowest BCUT2D eigenvalue weighted by atomic mass is 10.0. The lowest BCUT2D eigenvalue weighted by molar-refractivity contribution is -0.0552. The van der Waals surface area contributed by atoms with Gasteiger partial charge in [0.2, 0.25) is 0 Å². The number of carbonyl (C=O) groups is 1. The van der Waals surface area contributed by atoms with Gasteiger partial charge in [-0.25, -0.2) is 9.50 Å². The first kappa shape index (κ1) is 17.6. The molecule has 2 N–H and O–H groups in total. The minimum atomic E-state index is -0.511. The Morgan fingerprint density at radius 2 is 2.00 bits per heavy atom. The second kappa shape index (κ2) is 6.75. The highest BCUT2D eigenvalue weighted by molar-refractivity contribution is 5.99. The highest BCUT2D eigenvalue weighted by atomic mass is 16.5. The van der Waals surface area contributed by atoms with E-state index in [0.29, 0.717) is 11.2 Å². The maximum absolute atomic E-state index is 11.6. The van der Waals surface area contributed by atoms with Gasteiger partial charge in [0.05, 0.1) is 24.5 Å². The summed E-state index contributed by atoms with van der Waals surface area (Å²) in [6.45, 7) is 7.77. The van der Waals surface area contributed by atoms with Gasteiger partial charge in [-0.3, -0.25) is 9.69 Å². The van der Waals surface area contributed by atoms with Crippen LogP contribution in [0.25, 0.3) is 16.9 Å². The molecule has 0 radical (unpaired) electrons. The van der Waals surface area contributed by atoms with Gasteiger partial charge in [-0.05, 0) is 31.5 Å². The number of amides is 1. The Morgan fingerprint density at radius 3 is 2.70 bits per heavy atom. The average Bonchev–Trinajstić information content (AvgIpc) is 3.13. The van der Waals surface area contributed by atoms with Gasteiger partial charge < -0.3 is 10.5 Å². The fourth-order valence-electron chi connectivity index (χ4n) is 3.50. The van der Waals surface area contributed by atoms with Crippen LogP contribution in [0.5, 0.6) is 0 Å². The maximum atomic E-state index is 11.6. The van der Waals surface area contributed by atoms with Crippen LogP contribution in [0, 0.1) is 0 Å². The van der Waals surface area contributed by atoms with Gasteiger partial charge in [0.25, 0.3) is 5.91 Å². The van der Waals surface area contributed by atoms with E-state index in [4.69, 9.17) is 10.5 Å². The lowest BCUT2D eigenvalue weighted by Gasteiger charge is -2.42. The van der Waals surface area contributed by atoms with Crippen LogP contribution in [0.15, 0.2) is 42.7 Å². The summed E-state index contributed by atoms with van der Waals surface area (Å²) in [6, 6.07) is 12.0. The molecule has 2 aromatic heterocycles. The van der Waals surface area contributed by atoms with Crippen molar-refractivity contribution in [1.82, 2.24) is 19.5 Å². The number of nitrogens with zero attached hydrogens (tertiary/aromatic N) is 4. The molecule has 1 aromatic carbocycles. The minimum absolute atomic E-state index is 0.0361. The zero-order valence-electron chi connectivity index (χ0n) is 15.6. The molecule has 0 atom stereocenters. The Hall–Kier alpha value is -2.77. The zero-order valence-corrected chi connectivity index (χ0v) is 15.6. The molecular weight excluding hydrogens is 342 g/mol. The molecule has 1 aliphatic heterocycles. The summed E-state index contributed by atoms with van der Waals surface area (Å²) in [5.74, 6) is -0.511. The molecule has 0 aliphatic carbocycles. The van der Waals surface area contributed by atoms with E-state index >= 15 is 0 Å². The number of hydrogen-bond donors (Lipinski definition) is 1. The molecule has 3 aromatic rings. The molecule has 27 heavy (non-hydrogen) atoms. The van der Waals surface area contributed by atoms with Crippen molar-refractivity contribution in [3.63, 3.8) is 0 Å². The van der Waals surface area contributed by atoms with Crippen molar-refractivity contribution in [2.75, 3.05) is 19.8 Å². The molecule has 1 aliphatic rings. The van der Waals surface area contributed by atoms with Crippen molar-refractivity contribution in [2.45, 2.75) is 25.9 Å². The summed E-state index contributed by atoms with van der Waals surface area (Å²) in [4.78, 5) is 18.2. The van der Waals surface area contributed by atoms with Gasteiger partial charge in [0.15, 0.2) is 5.65 Å². The third-order valence-electron chi connectivity index (χ3n) is 5.13. The second-order valence-corrected chi connectivity index (χ2v) is 7.48. The fraction of sp³-hybridized carbons (Fsp3) is 0.350.